The Kier molecular flexibility index (Phi) is 3.82. The molecule has 1 saturated heterocycles. The zero-order chi connectivity index (χ0) is 14.2. The van der Waals surface area contributed by atoms with Crippen LogP contribution in [0.2, 0.25) is 5.02 Å². The predicted molar refractivity (Wildman–Crippen MR) is 67.7 cm³/mol. The molecule has 6 nitrogen and oxygen atoms in total. The van der Waals surface area contributed by atoms with Gasteiger partial charge in [0.1, 0.15) is 0 Å². The SMILES string of the molecule is O=C(O)c1ccc(S(=O)(=O)N2CC(CO)C2)cc1Cl. The molecule has 104 valence electrons. The lowest BCUT2D eigenvalue weighted by Crippen LogP contribution is -2.51. The van der Waals surface area contributed by atoms with Crippen LogP contribution >= 0.6 is 11.6 Å². The first-order chi connectivity index (χ1) is 8.86. The molecular weight excluding hydrogens is 294 g/mol. The van der Waals surface area contributed by atoms with E-state index in [4.69, 9.17) is 21.8 Å². The van der Waals surface area contributed by atoms with E-state index in [1.807, 2.05) is 0 Å². The van der Waals surface area contributed by atoms with Crippen LogP contribution in [0.1, 0.15) is 10.4 Å². The number of carboxylic acid groups (broad SMARTS) is 1. The predicted octanol–water partition coefficient (Wildman–Crippen LogP) is 0.651. The van der Waals surface area contributed by atoms with E-state index >= 15 is 0 Å². The number of aromatic carboxylic acids is 1. The van der Waals surface area contributed by atoms with Gasteiger partial charge in [-0.05, 0) is 18.2 Å². The number of benzene rings is 1. The zero-order valence-electron chi connectivity index (χ0n) is 9.78. The molecule has 1 heterocycles. The highest BCUT2D eigenvalue weighted by Gasteiger charge is 2.36. The van der Waals surface area contributed by atoms with Gasteiger partial charge >= 0.3 is 5.97 Å². The Morgan fingerprint density at radius 1 is 1.42 bits per heavy atom. The van der Waals surface area contributed by atoms with Crippen molar-refractivity contribution in [1.29, 1.82) is 0 Å². The summed E-state index contributed by atoms with van der Waals surface area (Å²) in [5.41, 5.74) is -0.141. The third kappa shape index (κ3) is 2.59. The highest BCUT2D eigenvalue weighted by molar-refractivity contribution is 7.89. The third-order valence-electron chi connectivity index (χ3n) is 2.99. The molecule has 1 fully saturated rings. The fourth-order valence-corrected chi connectivity index (χ4v) is 3.76. The van der Waals surface area contributed by atoms with Gasteiger partial charge in [-0.25, -0.2) is 13.2 Å². The lowest BCUT2D eigenvalue weighted by Gasteiger charge is -2.36. The molecule has 1 aromatic rings. The van der Waals surface area contributed by atoms with Crippen molar-refractivity contribution in [1.82, 2.24) is 4.31 Å². The van der Waals surface area contributed by atoms with E-state index in [0.29, 0.717) is 0 Å². The van der Waals surface area contributed by atoms with Gasteiger partial charge in [0.2, 0.25) is 10.0 Å². The number of hydrogen-bond acceptors (Lipinski definition) is 4. The Morgan fingerprint density at radius 2 is 2.05 bits per heavy atom. The molecule has 0 aliphatic carbocycles. The number of aliphatic hydroxyl groups excluding tert-OH is 1. The topological polar surface area (TPSA) is 94.9 Å². The smallest absolute Gasteiger partial charge is 0.337 e. The van der Waals surface area contributed by atoms with Crippen molar-refractivity contribution >= 4 is 27.6 Å². The van der Waals surface area contributed by atoms with Crippen molar-refractivity contribution in [2.75, 3.05) is 19.7 Å². The van der Waals surface area contributed by atoms with E-state index in [2.05, 4.69) is 0 Å². The fraction of sp³-hybridized carbons (Fsp3) is 0.364. The second-order valence-corrected chi connectivity index (χ2v) is 6.66. The first kappa shape index (κ1) is 14.3. The minimum absolute atomic E-state index is 0.0384. The van der Waals surface area contributed by atoms with Gasteiger partial charge in [0, 0.05) is 25.6 Å². The average molecular weight is 306 g/mol. The van der Waals surface area contributed by atoms with Crippen molar-refractivity contribution in [2.24, 2.45) is 5.92 Å². The maximum absolute atomic E-state index is 12.1. The van der Waals surface area contributed by atoms with Crippen LogP contribution in [0.3, 0.4) is 0 Å². The summed E-state index contributed by atoms with van der Waals surface area (Å²) in [4.78, 5) is 10.8. The number of carbonyl (C=O) groups is 1. The number of carboxylic acids is 1. The van der Waals surface area contributed by atoms with E-state index in [1.165, 1.54) is 16.4 Å². The molecule has 2 rings (SSSR count). The molecule has 0 atom stereocenters. The molecule has 0 saturated carbocycles. The average Bonchev–Trinajstić information content (AvgIpc) is 2.26. The van der Waals surface area contributed by atoms with Crippen molar-refractivity contribution in [3.05, 3.63) is 28.8 Å². The van der Waals surface area contributed by atoms with Crippen LogP contribution in [-0.2, 0) is 10.0 Å². The molecule has 2 N–H and O–H groups in total. The maximum atomic E-state index is 12.1. The summed E-state index contributed by atoms with van der Waals surface area (Å²) in [7, 11) is -3.67. The normalized spacial score (nSPS) is 17.2. The quantitative estimate of drug-likeness (QED) is 0.851. The summed E-state index contributed by atoms with van der Waals surface area (Å²) in [6, 6.07) is 3.52. The number of aliphatic hydroxyl groups is 1. The molecule has 8 heteroatoms. The Hall–Kier alpha value is -1.15. The lowest BCUT2D eigenvalue weighted by molar-refractivity contribution is 0.0697. The minimum atomic E-state index is -3.67. The number of sulfonamides is 1. The Labute approximate surface area is 115 Å². The van der Waals surface area contributed by atoms with Crippen LogP contribution in [0.25, 0.3) is 0 Å². The Balaban J connectivity index is 2.27. The monoisotopic (exact) mass is 305 g/mol. The van der Waals surface area contributed by atoms with Crippen molar-refractivity contribution in [3.63, 3.8) is 0 Å². The highest BCUT2D eigenvalue weighted by Crippen LogP contribution is 2.27. The summed E-state index contributed by atoms with van der Waals surface area (Å²) in [5.74, 6) is -1.25. The molecule has 0 radical (unpaired) electrons. The maximum Gasteiger partial charge on any atom is 0.337 e. The van der Waals surface area contributed by atoms with Crippen LogP contribution in [-0.4, -0.2) is 48.6 Å². The van der Waals surface area contributed by atoms with Gasteiger partial charge in [0.05, 0.1) is 15.5 Å². The minimum Gasteiger partial charge on any atom is -0.478 e. The number of hydrogen-bond donors (Lipinski definition) is 2. The summed E-state index contributed by atoms with van der Waals surface area (Å²) >= 11 is 5.75. The molecule has 0 spiro atoms. The fourth-order valence-electron chi connectivity index (χ4n) is 1.81. The molecule has 0 aromatic heterocycles. The van der Waals surface area contributed by atoms with E-state index in [-0.39, 0.29) is 41.1 Å². The second kappa shape index (κ2) is 5.09. The van der Waals surface area contributed by atoms with Crippen LogP contribution in [0.4, 0.5) is 0 Å². The Bertz CT molecular complexity index is 610. The summed E-state index contributed by atoms with van der Waals surface area (Å²) in [6.45, 7) is 0.471. The summed E-state index contributed by atoms with van der Waals surface area (Å²) < 4.78 is 25.5. The first-order valence-electron chi connectivity index (χ1n) is 5.50. The molecule has 1 aliphatic heterocycles. The molecule has 0 unspecified atom stereocenters. The van der Waals surface area contributed by atoms with E-state index in [1.54, 1.807) is 0 Å². The van der Waals surface area contributed by atoms with Crippen LogP contribution in [0.15, 0.2) is 23.1 Å². The number of nitrogens with zero attached hydrogens (tertiary/aromatic N) is 1. The van der Waals surface area contributed by atoms with Gasteiger partial charge in [-0.1, -0.05) is 11.6 Å². The van der Waals surface area contributed by atoms with E-state index in [0.717, 1.165) is 6.07 Å². The molecular formula is C11H12ClNO5S. The second-order valence-electron chi connectivity index (χ2n) is 4.32. The van der Waals surface area contributed by atoms with Crippen LogP contribution in [0.5, 0.6) is 0 Å². The van der Waals surface area contributed by atoms with Gasteiger partial charge in [0.15, 0.2) is 0 Å². The van der Waals surface area contributed by atoms with Gasteiger partial charge in [-0.3, -0.25) is 0 Å². The summed E-state index contributed by atoms with van der Waals surface area (Å²) in [5, 5.41) is 17.6. The van der Waals surface area contributed by atoms with E-state index in [9.17, 15) is 13.2 Å². The third-order valence-corrected chi connectivity index (χ3v) is 5.13. The van der Waals surface area contributed by atoms with Gasteiger partial charge in [-0.15, -0.1) is 0 Å². The van der Waals surface area contributed by atoms with Crippen molar-refractivity contribution < 1.29 is 23.4 Å². The van der Waals surface area contributed by atoms with Crippen LogP contribution < -0.4 is 0 Å². The lowest BCUT2D eigenvalue weighted by atomic mass is 10.1. The van der Waals surface area contributed by atoms with E-state index < -0.39 is 16.0 Å². The van der Waals surface area contributed by atoms with Crippen LogP contribution in [0, 0.1) is 5.92 Å². The molecule has 1 aromatic carbocycles. The van der Waals surface area contributed by atoms with Crippen molar-refractivity contribution in [2.45, 2.75) is 4.90 Å². The molecule has 1 aliphatic rings. The van der Waals surface area contributed by atoms with Gasteiger partial charge in [0.25, 0.3) is 0 Å². The highest BCUT2D eigenvalue weighted by atomic mass is 35.5. The number of rotatable bonds is 4. The molecule has 0 amide bonds. The number of halogens is 1. The Morgan fingerprint density at radius 3 is 2.53 bits per heavy atom. The zero-order valence-corrected chi connectivity index (χ0v) is 11.4. The summed E-state index contributed by atoms with van der Waals surface area (Å²) in [6.07, 6.45) is 0. The van der Waals surface area contributed by atoms with Gasteiger partial charge in [-0.2, -0.15) is 4.31 Å². The standard InChI is InChI=1S/C11H12ClNO5S/c12-10-3-8(1-2-9(10)11(15)16)19(17,18)13-4-7(5-13)6-14/h1-3,7,14H,4-6H2,(H,15,16). The largest absolute Gasteiger partial charge is 0.478 e. The van der Waals surface area contributed by atoms with Crippen molar-refractivity contribution in [3.8, 4) is 0 Å². The molecule has 19 heavy (non-hydrogen) atoms. The first-order valence-corrected chi connectivity index (χ1v) is 7.32. The van der Waals surface area contributed by atoms with Gasteiger partial charge < -0.3 is 10.2 Å². The molecule has 0 bridgehead atoms.